The van der Waals surface area contributed by atoms with Gasteiger partial charge in [0.05, 0.1) is 23.3 Å². The molecule has 0 N–H and O–H groups in total. The van der Waals surface area contributed by atoms with Gasteiger partial charge in [-0.25, -0.2) is 4.57 Å². The van der Waals surface area contributed by atoms with Crippen LogP contribution in [0, 0.1) is 20.8 Å². The second-order valence-corrected chi connectivity index (χ2v) is 11.8. The van der Waals surface area contributed by atoms with Gasteiger partial charge < -0.3 is 4.42 Å². The number of benzene rings is 4. The molecule has 0 saturated heterocycles. The van der Waals surface area contributed by atoms with E-state index in [4.69, 9.17) is 9.52 Å². The van der Waals surface area contributed by atoms with Gasteiger partial charge >= 0.3 is 5.82 Å². The minimum Gasteiger partial charge on any atom is -0.456 e. The monoisotopic (exact) mass is 528 g/mol. The Morgan fingerprint density at radius 1 is 0.775 bits per heavy atom. The van der Waals surface area contributed by atoms with E-state index in [9.17, 15) is 0 Å². The van der Waals surface area contributed by atoms with Gasteiger partial charge in [-0.05, 0) is 74.1 Å². The molecule has 2 aromatic heterocycles. The average molecular weight is 529 g/mol. The summed E-state index contributed by atoms with van der Waals surface area (Å²) in [6.07, 6.45) is 0. The molecule has 202 valence electrons. The number of furan rings is 1. The van der Waals surface area contributed by atoms with Gasteiger partial charge in [-0.15, -0.1) is 0 Å². The average Bonchev–Trinajstić information content (AvgIpc) is 3.44. The highest BCUT2D eigenvalue weighted by molar-refractivity contribution is 6.07. The molecule has 4 nitrogen and oxygen atoms in total. The van der Waals surface area contributed by atoms with E-state index in [0.717, 1.165) is 39.5 Å². The lowest BCUT2D eigenvalue weighted by molar-refractivity contribution is -0.649. The molecule has 4 heteroatoms. The normalized spacial score (nSPS) is 11.9. The molecule has 2 heterocycles. The van der Waals surface area contributed by atoms with Crippen molar-refractivity contribution in [1.29, 1.82) is 0 Å². The topological polar surface area (TPSA) is 34.8 Å². The molecular formula is C36H38N3O+. The van der Waals surface area contributed by atoms with Gasteiger partial charge in [0.15, 0.2) is 5.69 Å². The quantitative estimate of drug-likeness (QED) is 0.209. The van der Waals surface area contributed by atoms with Crippen LogP contribution in [0.5, 0.6) is 0 Å². The Bertz CT molecular complexity index is 1880. The molecular weight excluding hydrogens is 490 g/mol. The molecule has 0 aliphatic heterocycles. The summed E-state index contributed by atoms with van der Waals surface area (Å²) in [5.74, 6) is 2.51. The summed E-state index contributed by atoms with van der Waals surface area (Å²) >= 11 is 0. The van der Waals surface area contributed by atoms with E-state index in [1.807, 2.05) is 6.07 Å². The fourth-order valence-corrected chi connectivity index (χ4v) is 6.19. The van der Waals surface area contributed by atoms with Crippen molar-refractivity contribution >= 4 is 21.9 Å². The van der Waals surface area contributed by atoms with Gasteiger partial charge in [-0.2, -0.15) is 0 Å². The molecule has 0 aliphatic rings. The van der Waals surface area contributed by atoms with Crippen LogP contribution in [-0.2, 0) is 7.05 Å². The molecule has 0 amide bonds. The third-order valence-electron chi connectivity index (χ3n) is 8.01. The van der Waals surface area contributed by atoms with Gasteiger partial charge in [-0.1, -0.05) is 86.0 Å². The minimum atomic E-state index is 0.223. The van der Waals surface area contributed by atoms with E-state index < -0.39 is 0 Å². The van der Waals surface area contributed by atoms with Crippen LogP contribution in [0.25, 0.3) is 50.4 Å². The van der Waals surface area contributed by atoms with E-state index in [2.05, 4.69) is 131 Å². The van der Waals surface area contributed by atoms with Crippen LogP contribution in [0.1, 0.15) is 67.3 Å². The summed E-state index contributed by atoms with van der Waals surface area (Å²) in [7, 11) is 2.14. The molecule has 0 saturated carbocycles. The van der Waals surface area contributed by atoms with Crippen molar-refractivity contribution in [2.75, 3.05) is 0 Å². The standard InChI is InChI=1S/C36H38N3O/c1-21(2)29-20-30-28-15-11-12-16-31(28)40-34(30)32(22(3)4)33(29)39-36(27-14-10-9-13-25(27)7)38(8)35(37-39)26-18-23(5)17-24(6)19-26/h9-22H,1-8H3/q+1. The number of aryl methyl sites for hydroxylation is 3. The van der Waals surface area contributed by atoms with Crippen molar-refractivity contribution in [3.8, 4) is 28.5 Å². The molecule has 40 heavy (non-hydrogen) atoms. The van der Waals surface area contributed by atoms with Crippen LogP contribution in [0.3, 0.4) is 0 Å². The van der Waals surface area contributed by atoms with Crippen molar-refractivity contribution in [2.45, 2.75) is 60.3 Å². The number of nitrogens with zero attached hydrogens (tertiary/aromatic N) is 3. The summed E-state index contributed by atoms with van der Waals surface area (Å²) in [6, 6.07) is 26.0. The van der Waals surface area contributed by atoms with Crippen LogP contribution in [-0.4, -0.2) is 9.78 Å². The van der Waals surface area contributed by atoms with E-state index in [1.165, 1.54) is 38.8 Å². The predicted octanol–water partition coefficient (Wildman–Crippen LogP) is 9.10. The van der Waals surface area contributed by atoms with Gasteiger partial charge in [0.1, 0.15) is 11.2 Å². The Labute approximate surface area is 236 Å². The SMILES string of the molecule is Cc1cc(C)cc(-c2nn(-c3c(C(C)C)cc4c(oc5ccccc54)c3C(C)C)c(-c3ccccc3C)[n+]2C)c1. The number of rotatable bonds is 5. The lowest BCUT2D eigenvalue weighted by atomic mass is 9.90. The maximum absolute atomic E-state index is 6.62. The second-order valence-electron chi connectivity index (χ2n) is 11.8. The third kappa shape index (κ3) is 4.14. The predicted molar refractivity (Wildman–Crippen MR) is 165 cm³/mol. The zero-order chi connectivity index (χ0) is 28.3. The Balaban J connectivity index is 1.79. The molecule has 4 aromatic carbocycles. The maximum atomic E-state index is 6.62. The number of hydrogen-bond acceptors (Lipinski definition) is 2. The van der Waals surface area contributed by atoms with E-state index in [1.54, 1.807) is 0 Å². The first-order valence-corrected chi connectivity index (χ1v) is 14.3. The summed E-state index contributed by atoms with van der Waals surface area (Å²) < 4.78 is 11.1. The van der Waals surface area contributed by atoms with Crippen molar-refractivity contribution in [3.05, 3.63) is 101 Å². The molecule has 6 aromatic rings. The largest absolute Gasteiger partial charge is 0.456 e. The first kappa shape index (κ1) is 26.1. The summed E-state index contributed by atoms with van der Waals surface area (Å²) in [4.78, 5) is 0. The fourth-order valence-electron chi connectivity index (χ4n) is 6.19. The summed E-state index contributed by atoms with van der Waals surface area (Å²) in [6.45, 7) is 15.6. The second kappa shape index (κ2) is 9.78. The first-order chi connectivity index (χ1) is 19.2. The zero-order valence-corrected chi connectivity index (χ0v) is 24.8. The molecule has 0 unspecified atom stereocenters. The van der Waals surface area contributed by atoms with Gasteiger partial charge in [0.25, 0.3) is 5.82 Å². The highest BCUT2D eigenvalue weighted by Crippen LogP contribution is 2.42. The van der Waals surface area contributed by atoms with Crippen molar-refractivity contribution in [1.82, 2.24) is 9.78 Å². The molecule has 0 atom stereocenters. The molecule has 0 bridgehead atoms. The van der Waals surface area contributed by atoms with E-state index >= 15 is 0 Å². The van der Waals surface area contributed by atoms with Crippen LogP contribution in [0.4, 0.5) is 0 Å². The lowest BCUT2D eigenvalue weighted by Gasteiger charge is -2.18. The lowest BCUT2D eigenvalue weighted by Crippen LogP contribution is -2.32. The Morgan fingerprint density at radius 3 is 2.12 bits per heavy atom. The molecule has 0 spiro atoms. The fraction of sp³-hybridized carbons (Fsp3) is 0.278. The highest BCUT2D eigenvalue weighted by Gasteiger charge is 2.34. The Morgan fingerprint density at radius 2 is 1.45 bits per heavy atom. The number of hydrogen-bond donors (Lipinski definition) is 0. The Hall–Kier alpha value is -4.18. The van der Waals surface area contributed by atoms with Gasteiger partial charge in [0, 0.05) is 16.3 Å². The van der Waals surface area contributed by atoms with Gasteiger partial charge in [0.2, 0.25) is 0 Å². The number of para-hydroxylation sites is 1. The van der Waals surface area contributed by atoms with E-state index in [0.29, 0.717) is 0 Å². The smallest absolute Gasteiger partial charge is 0.309 e. The van der Waals surface area contributed by atoms with Crippen LogP contribution >= 0.6 is 0 Å². The minimum absolute atomic E-state index is 0.223. The van der Waals surface area contributed by atoms with Gasteiger partial charge in [-0.3, -0.25) is 0 Å². The first-order valence-electron chi connectivity index (χ1n) is 14.3. The molecule has 0 radical (unpaired) electrons. The molecule has 6 rings (SSSR count). The van der Waals surface area contributed by atoms with Crippen LogP contribution in [0.2, 0.25) is 0 Å². The van der Waals surface area contributed by atoms with Crippen molar-refractivity contribution in [3.63, 3.8) is 0 Å². The van der Waals surface area contributed by atoms with Crippen molar-refractivity contribution < 1.29 is 8.98 Å². The van der Waals surface area contributed by atoms with Crippen LogP contribution in [0.15, 0.2) is 77.2 Å². The summed E-state index contributed by atoms with van der Waals surface area (Å²) in [5, 5.41) is 7.77. The zero-order valence-electron chi connectivity index (χ0n) is 24.8. The van der Waals surface area contributed by atoms with E-state index in [-0.39, 0.29) is 11.8 Å². The van der Waals surface area contributed by atoms with Crippen molar-refractivity contribution in [2.24, 2.45) is 7.05 Å². The number of fused-ring (bicyclic) bond motifs is 3. The maximum Gasteiger partial charge on any atom is 0.309 e. The highest BCUT2D eigenvalue weighted by atomic mass is 16.3. The molecule has 0 aliphatic carbocycles. The van der Waals surface area contributed by atoms with Crippen LogP contribution < -0.4 is 4.57 Å². The summed E-state index contributed by atoms with van der Waals surface area (Å²) in [5.41, 5.74) is 11.4. The Kier molecular flexibility index (Phi) is 6.37. The third-order valence-corrected chi connectivity index (χ3v) is 8.01. The molecule has 0 fully saturated rings. The number of aromatic nitrogens is 3.